The van der Waals surface area contributed by atoms with Gasteiger partial charge in [0.2, 0.25) is 0 Å². The third-order valence-electron chi connectivity index (χ3n) is 2.34. The van der Waals surface area contributed by atoms with Crippen LogP contribution in [-0.4, -0.2) is 16.8 Å². The number of anilines is 1. The summed E-state index contributed by atoms with van der Waals surface area (Å²) >= 11 is 0. The van der Waals surface area contributed by atoms with Crippen LogP contribution in [-0.2, 0) is 0 Å². The van der Waals surface area contributed by atoms with Crippen molar-refractivity contribution in [3.05, 3.63) is 23.4 Å². The molecule has 4 N–H and O–H groups in total. The van der Waals surface area contributed by atoms with Crippen LogP contribution in [0.4, 0.5) is 5.82 Å². The number of nitrogens with two attached hydrogens (primary N) is 2. The molecule has 1 aromatic heterocycles. The van der Waals surface area contributed by atoms with E-state index < -0.39 is 6.04 Å². The number of nitrogen functional groups attached to an aromatic ring is 1. The van der Waals surface area contributed by atoms with Gasteiger partial charge in [0.15, 0.2) is 5.78 Å². The Hall–Kier alpha value is -1.42. The number of ketones is 1. The number of carbonyl (C=O) groups excluding carboxylic acids is 1. The van der Waals surface area contributed by atoms with Crippen molar-refractivity contribution in [1.82, 2.24) is 4.98 Å². The van der Waals surface area contributed by atoms with Gasteiger partial charge in [0.05, 0.1) is 11.6 Å². The highest BCUT2D eigenvalue weighted by atomic mass is 16.1. The van der Waals surface area contributed by atoms with Crippen molar-refractivity contribution in [2.75, 3.05) is 5.73 Å². The maximum absolute atomic E-state index is 11.9. The zero-order chi connectivity index (χ0) is 11.6. The summed E-state index contributed by atoms with van der Waals surface area (Å²) in [5, 5.41) is 0. The molecule has 0 amide bonds. The minimum absolute atomic E-state index is 0.0948. The average Bonchev–Trinajstić information content (AvgIpc) is 2.19. The standard InChI is InChI=1S/C11H17N3O/c1-6(2)9(12)10(15)8-4-7(3)5-14-11(8)13/h4-6,9H,12H2,1-3H3,(H2,13,14). The molecule has 0 aromatic carbocycles. The molecule has 0 aliphatic carbocycles. The molecule has 15 heavy (non-hydrogen) atoms. The van der Waals surface area contributed by atoms with E-state index in [2.05, 4.69) is 4.98 Å². The summed E-state index contributed by atoms with van der Waals surface area (Å²) in [5.74, 6) is 0.206. The first-order valence-electron chi connectivity index (χ1n) is 4.95. The summed E-state index contributed by atoms with van der Waals surface area (Å²) in [5.41, 5.74) is 12.8. The second-order valence-electron chi connectivity index (χ2n) is 4.08. The van der Waals surface area contributed by atoms with Crippen LogP contribution >= 0.6 is 0 Å². The minimum Gasteiger partial charge on any atom is -0.383 e. The SMILES string of the molecule is Cc1cnc(N)c(C(=O)C(N)C(C)C)c1. The summed E-state index contributed by atoms with van der Waals surface area (Å²) in [6, 6.07) is 1.21. The van der Waals surface area contributed by atoms with E-state index in [9.17, 15) is 4.79 Å². The van der Waals surface area contributed by atoms with E-state index in [1.807, 2.05) is 20.8 Å². The molecular weight excluding hydrogens is 190 g/mol. The number of nitrogens with zero attached hydrogens (tertiary/aromatic N) is 1. The topological polar surface area (TPSA) is 82.0 Å². The number of aromatic nitrogens is 1. The van der Waals surface area contributed by atoms with Gasteiger partial charge in [-0.05, 0) is 24.5 Å². The molecule has 0 aliphatic rings. The van der Waals surface area contributed by atoms with Crippen molar-refractivity contribution in [2.24, 2.45) is 11.7 Å². The van der Waals surface area contributed by atoms with Crippen LogP contribution in [0.3, 0.4) is 0 Å². The normalized spacial score (nSPS) is 12.9. The molecule has 0 saturated heterocycles. The van der Waals surface area contributed by atoms with E-state index in [4.69, 9.17) is 11.5 Å². The van der Waals surface area contributed by atoms with E-state index in [1.54, 1.807) is 12.3 Å². The molecule has 1 unspecified atom stereocenters. The Bertz CT molecular complexity index is 374. The summed E-state index contributed by atoms with van der Waals surface area (Å²) in [7, 11) is 0. The Morgan fingerprint density at radius 2 is 2.07 bits per heavy atom. The van der Waals surface area contributed by atoms with Crippen LogP contribution in [0.2, 0.25) is 0 Å². The molecule has 0 radical (unpaired) electrons. The first-order valence-corrected chi connectivity index (χ1v) is 4.95. The lowest BCUT2D eigenvalue weighted by Crippen LogP contribution is -2.36. The quantitative estimate of drug-likeness (QED) is 0.728. The Morgan fingerprint density at radius 1 is 1.47 bits per heavy atom. The fourth-order valence-electron chi connectivity index (χ4n) is 1.26. The van der Waals surface area contributed by atoms with E-state index in [0.29, 0.717) is 5.56 Å². The second kappa shape index (κ2) is 4.40. The van der Waals surface area contributed by atoms with Crippen LogP contribution in [0.25, 0.3) is 0 Å². The molecule has 82 valence electrons. The molecule has 0 fully saturated rings. The number of rotatable bonds is 3. The highest BCUT2D eigenvalue weighted by Gasteiger charge is 2.21. The number of pyridine rings is 1. The summed E-state index contributed by atoms with van der Waals surface area (Å²) in [6.45, 7) is 5.67. The molecule has 1 rings (SSSR count). The third-order valence-corrected chi connectivity index (χ3v) is 2.34. The monoisotopic (exact) mass is 207 g/mol. The van der Waals surface area contributed by atoms with E-state index in [-0.39, 0.29) is 17.5 Å². The molecule has 0 saturated carbocycles. The van der Waals surface area contributed by atoms with E-state index in [1.165, 1.54) is 0 Å². The molecular formula is C11H17N3O. The Morgan fingerprint density at radius 3 is 2.60 bits per heavy atom. The lowest BCUT2D eigenvalue weighted by molar-refractivity contribution is 0.0941. The van der Waals surface area contributed by atoms with Crippen LogP contribution in [0.1, 0.15) is 29.8 Å². The van der Waals surface area contributed by atoms with Crippen molar-refractivity contribution >= 4 is 11.6 Å². The lowest BCUT2D eigenvalue weighted by Gasteiger charge is -2.15. The zero-order valence-electron chi connectivity index (χ0n) is 9.32. The van der Waals surface area contributed by atoms with Crippen LogP contribution < -0.4 is 11.5 Å². The van der Waals surface area contributed by atoms with Crippen molar-refractivity contribution in [3.8, 4) is 0 Å². The maximum Gasteiger partial charge on any atom is 0.183 e. The van der Waals surface area contributed by atoms with Gasteiger partial charge in [0.1, 0.15) is 5.82 Å². The maximum atomic E-state index is 11.9. The van der Waals surface area contributed by atoms with Gasteiger partial charge in [0, 0.05) is 6.20 Å². The molecule has 0 bridgehead atoms. The lowest BCUT2D eigenvalue weighted by atomic mass is 9.96. The average molecular weight is 207 g/mol. The molecule has 0 aliphatic heterocycles. The predicted octanol–water partition coefficient (Wildman–Crippen LogP) is 1.14. The van der Waals surface area contributed by atoms with Gasteiger partial charge in [-0.15, -0.1) is 0 Å². The number of aryl methyl sites for hydroxylation is 1. The molecule has 1 atom stereocenters. The first kappa shape index (κ1) is 11.7. The summed E-state index contributed by atoms with van der Waals surface area (Å²) < 4.78 is 0. The van der Waals surface area contributed by atoms with Crippen LogP contribution in [0.5, 0.6) is 0 Å². The molecule has 4 heteroatoms. The third kappa shape index (κ3) is 2.53. The second-order valence-corrected chi connectivity index (χ2v) is 4.08. The van der Waals surface area contributed by atoms with Crippen LogP contribution in [0, 0.1) is 12.8 Å². The molecule has 0 spiro atoms. The largest absolute Gasteiger partial charge is 0.383 e. The van der Waals surface area contributed by atoms with Gasteiger partial charge in [0.25, 0.3) is 0 Å². The Kier molecular flexibility index (Phi) is 3.42. The van der Waals surface area contributed by atoms with Gasteiger partial charge in [-0.1, -0.05) is 13.8 Å². The summed E-state index contributed by atoms with van der Waals surface area (Å²) in [6.07, 6.45) is 1.63. The highest BCUT2D eigenvalue weighted by Crippen LogP contribution is 2.15. The predicted molar refractivity (Wildman–Crippen MR) is 60.5 cm³/mol. The van der Waals surface area contributed by atoms with Gasteiger partial charge < -0.3 is 11.5 Å². The van der Waals surface area contributed by atoms with Gasteiger partial charge in [-0.2, -0.15) is 0 Å². The summed E-state index contributed by atoms with van der Waals surface area (Å²) in [4.78, 5) is 15.9. The number of hydrogen-bond donors (Lipinski definition) is 2. The van der Waals surface area contributed by atoms with Crippen LogP contribution in [0.15, 0.2) is 12.3 Å². The number of Topliss-reactive ketones (excluding diaryl/α,β-unsaturated/α-hetero) is 1. The first-order chi connectivity index (χ1) is 6.93. The molecule has 1 heterocycles. The smallest absolute Gasteiger partial charge is 0.183 e. The molecule has 1 aromatic rings. The van der Waals surface area contributed by atoms with Crippen molar-refractivity contribution in [2.45, 2.75) is 26.8 Å². The minimum atomic E-state index is -0.518. The number of carbonyl (C=O) groups is 1. The Labute approximate surface area is 89.7 Å². The van der Waals surface area contributed by atoms with Crippen molar-refractivity contribution < 1.29 is 4.79 Å². The van der Waals surface area contributed by atoms with Crippen molar-refractivity contribution in [3.63, 3.8) is 0 Å². The van der Waals surface area contributed by atoms with Gasteiger partial charge in [-0.3, -0.25) is 4.79 Å². The van der Waals surface area contributed by atoms with Gasteiger partial charge in [-0.25, -0.2) is 4.98 Å². The van der Waals surface area contributed by atoms with Gasteiger partial charge >= 0.3 is 0 Å². The highest BCUT2D eigenvalue weighted by molar-refractivity contribution is 6.03. The fraction of sp³-hybridized carbons (Fsp3) is 0.455. The zero-order valence-corrected chi connectivity index (χ0v) is 9.32. The number of hydrogen-bond acceptors (Lipinski definition) is 4. The fourth-order valence-corrected chi connectivity index (χ4v) is 1.26. The van der Waals surface area contributed by atoms with Crippen molar-refractivity contribution in [1.29, 1.82) is 0 Å². The molecule has 4 nitrogen and oxygen atoms in total. The van der Waals surface area contributed by atoms with E-state index in [0.717, 1.165) is 5.56 Å². The Balaban J connectivity index is 3.05. The van der Waals surface area contributed by atoms with E-state index >= 15 is 0 Å².